The third kappa shape index (κ3) is 5.58. The van der Waals surface area contributed by atoms with Gasteiger partial charge in [0, 0.05) is 5.02 Å². The van der Waals surface area contributed by atoms with Gasteiger partial charge in [0.2, 0.25) is 0 Å². The van der Waals surface area contributed by atoms with E-state index in [1.165, 1.54) is 0 Å². The zero-order chi connectivity index (χ0) is 20.7. The van der Waals surface area contributed by atoms with Crippen LogP contribution < -0.4 is 0 Å². The molecule has 0 spiro atoms. The van der Waals surface area contributed by atoms with E-state index in [1.807, 2.05) is 32.9 Å². The summed E-state index contributed by atoms with van der Waals surface area (Å²) in [5, 5.41) is 0.605. The number of esters is 1. The lowest BCUT2D eigenvalue weighted by molar-refractivity contribution is -0.188. The largest absolute Gasteiger partial charge is 0.457 e. The maximum absolute atomic E-state index is 13.3. The molecule has 4 nitrogen and oxygen atoms in total. The summed E-state index contributed by atoms with van der Waals surface area (Å²) in [4.78, 5) is 13.3. The van der Waals surface area contributed by atoms with E-state index in [0.717, 1.165) is 5.56 Å². The summed E-state index contributed by atoms with van der Waals surface area (Å²) in [6.07, 6.45) is -0.719. The van der Waals surface area contributed by atoms with Gasteiger partial charge in [-0.1, -0.05) is 49.3 Å². The summed E-state index contributed by atoms with van der Waals surface area (Å²) in [5.74, 6) is 1.61. The van der Waals surface area contributed by atoms with Gasteiger partial charge < -0.3 is 14.2 Å². The van der Waals surface area contributed by atoms with Crippen LogP contribution in [0.3, 0.4) is 0 Å². The van der Waals surface area contributed by atoms with Crippen LogP contribution in [0.2, 0.25) is 24.7 Å². The second-order valence-electron chi connectivity index (χ2n) is 9.29. The number of halogens is 1. The minimum Gasteiger partial charge on any atom is -0.457 e. The van der Waals surface area contributed by atoms with Crippen LogP contribution in [0, 0.1) is 11.5 Å². The number of carbonyl (C=O) groups excluding carboxylic acids is 1. The number of hydrogen-bond donors (Lipinski definition) is 0. The van der Waals surface area contributed by atoms with Crippen LogP contribution in [0.25, 0.3) is 0 Å². The average Bonchev–Trinajstić information content (AvgIpc) is 2.76. The molecule has 1 fully saturated rings. The van der Waals surface area contributed by atoms with Crippen LogP contribution in [0.5, 0.6) is 0 Å². The second kappa shape index (κ2) is 7.25. The fourth-order valence-electron chi connectivity index (χ4n) is 2.70. The lowest BCUT2D eigenvalue weighted by atomic mass is 9.91. The Morgan fingerprint density at radius 3 is 2.22 bits per heavy atom. The number of hydrogen-bond acceptors (Lipinski definition) is 4. The monoisotopic (exact) mass is 408 g/mol. The van der Waals surface area contributed by atoms with Gasteiger partial charge in [0.1, 0.15) is 19.8 Å². The van der Waals surface area contributed by atoms with Gasteiger partial charge in [0.05, 0.1) is 0 Å². The molecule has 2 rings (SSSR count). The molecule has 0 amide bonds. The molecule has 0 saturated carbocycles. The van der Waals surface area contributed by atoms with Gasteiger partial charge in [-0.15, -0.1) is 5.54 Å². The Morgan fingerprint density at radius 2 is 1.74 bits per heavy atom. The Morgan fingerprint density at radius 1 is 1.19 bits per heavy atom. The highest BCUT2D eigenvalue weighted by molar-refractivity contribution is 6.83. The van der Waals surface area contributed by atoms with Crippen molar-refractivity contribution in [2.75, 3.05) is 0 Å². The Balaban J connectivity index is 2.63. The van der Waals surface area contributed by atoms with E-state index in [4.69, 9.17) is 25.8 Å². The average molecular weight is 409 g/mol. The predicted octanol–water partition coefficient (Wildman–Crippen LogP) is 5.13. The van der Waals surface area contributed by atoms with E-state index in [0.29, 0.717) is 5.02 Å². The molecule has 0 bridgehead atoms. The number of benzene rings is 1. The molecule has 0 N–H and O–H groups in total. The Labute approximate surface area is 168 Å². The first-order valence-corrected chi connectivity index (χ1v) is 12.9. The number of ether oxygens (including phenoxy) is 3. The summed E-state index contributed by atoms with van der Waals surface area (Å²) >= 11 is 6.03. The molecular weight excluding hydrogens is 380 g/mol. The Bertz CT molecular complexity index is 763. The van der Waals surface area contributed by atoms with Crippen molar-refractivity contribution < 1.29 is 19.0 Å². The van der Waals surface area contributed by atoms with Gasteiger partial charge in [0.15, 0.2) is 5.79 Å². The van der Waals surface area contributed by atoms with Gasteiger partial charge in [-0.2, -0.15) is 0 Å². The summed E-state index contributed by atoms with van der Waals surface area (Å²) in [6.45, 7) is 15.4. The highest BCUT2D eigenvalue weighted by Gasteiger charge is 2.60. The van der Waals surface area contributed by atoms with Crippen molar-refractivity contribution in [3.8, 4) is 11.5 Å². The molecule has 1 saturated heterocycles. The Kier molecular flexibility index (Phi) is 5.90. The smallest absolute Gasteiger partial charge is 0.355 e. The first kappa shape index (κ1) is 22.0. The van der Waals surface area contributed by atoms with Gasteiger partial charge in [0.25, 0.3) is 5.60 Å². The maximum atomic E-state index is 13.3. The van der Waals surface area contributed by atoms with Crippen molar-refractivity contribution in [3.05, 3.63) is 34.9 Å². The SMILES string of the molecule is CC(C)(C)OC(=O)[C@@]1(C#C[Si](C)(C)C)OC(C)(C)O[C@@H]1c1ccc(Cl)cc1. The fraction of sp³-hybridized carbons (Fsp3) is 0.571. The lowest BCUT2D eigenvalue weighted by Crippen LogP contribution is -2.47. The van der Waals surface area contributed by atoms with Gasteiger partial charge in [-0.3, -0.25) is 0 Å². The molecule has 1 aliphatic rings. The molecule has 0 aliphatic carbocycles. The Hall–Kier alpha value is -1.32. The number of carbonyl (C=O) groups is 1. The second-order valence-corrected chi connectivity index (χ2v) is 14.5. The summed E-state index contributed by atoms with van der Waals surface area (Å²) in [5.41, 5.74) is 1.83. The first-order valence-electron chi connectivity index (χ1n) is 9.05. The zero-order valence-electron chi connectivity index (χ0n) is 17.4. The normalized spacial score (nSPS) is 24.9. The van der Waals surface area contributed by atoms with Crippen LogP contribution in [0.1, 0.15) is 46.3 Å². The standard InChI is InChI=1S/C21H29ClO4Si/c1-19(2,3)25-18(23)21(13-14-27(6,7)8)17(24-20(4,5)26-21)15-9-11-16(22)12-10-15/h9-12,17H,1-8H3/t17-,21+/m1/s1. The van der Waals surface area contributed by atoms with Crippen molar-refractivity contribution in [2.24, 2.45) is 0 Å². The van der Waals surface area contributed by atoms with Crippen molar-refractivity contribution in [2.45, 2.75) is 77.4 Å². The quantitative estimate of drug-likeness (QED) is 0.386. The summed E-state index contributed by atoms with van der Waals surface area (Å²) in [6, 6.07) is 7.18. The van der Waals surface area contributed by atoms with E-state index in [1.54, 1.807) is 26.0 Å². The first-order chi connectivity index (χ1) is 12.1. The molecule has 2 atom stereocenters. The molecule has 0 aromatic heterocycles. The highest BCUT2D eigenvalue weighted by Crippen LogP contribution is 2.47. The topological polar surface area (TPSA) is 44.8 Å². The maximum Gasteiger partial charge on any atom is 0.355 e. The van der Waals surface area contributed by atoms with Crippen LogP contribution in [-0.2, 0) is 19.0 Å². The molecule has 27 heavy (non-hydrogen) atoms. The summed E-state index contributed by atoms with van der Waals surface area (Å²) in [7, 11) is -1.79. The molecular formula is C21H29ClO4Si. The van der Waals surface area contributed by atoms with Gasteiger partial charge in [-0.25, -0.2) is 4.79 Å². The molecule has 1 aromatic rings. The van der Waals surface area contributed by atoms with Crippen LogP contribution in [-0.4, -0.2) is 31.0 Å². The van der Waals surface area contributed by atoms with Crippen molar-refractivity contribution in [1.29, 1.82) is 0 Å². The summed E-state index contributed by atoms with van der Waals surface area (Å²) < 4.78 is 18.0. The molecule has 1 aliphatic heterocycles. The van der Waals surface area contributed by atoms with E-state index >= 15 is 0 Å². The fourth-order valence-corrected chi connectivity index (χ4v) is 3.38. The predicted molar refractivity (Wildman–Crippen MR) is 110 cm³/mol. The minimum atomic E-state index is -1.79. The third-order valence-corrected chi connectivity index (χ3v) is 4.80. The van der Waals surface area contributed by atoms with Crippen molar-refractivity contribution >= 4 is 25.6 Å². The third-order valence-electron chi connectivity index (χ3n) is 3.68. The van der Waals surface area contributed by atoms with E-state index in [-0.39, 0.29) is 0 Å². The minimum absolute atomic E-state index is 0.536. The van der Waals surface area contributed by atoms with E-state index < -0.39 is 37.1 Å². The lowest BCUT2D eigenvalue weighted by Gasteiger charge is -2.30. The van der Waals surface area contributed by atoms with Gasteiger partial charge >= 0.3 is 5.97 Å². The van der Waals surface area contributed by atoms with Crippen LogP contribution >= 0.6 is 11.6 Å². The zero-order valence-corrected chi connectivity index (χ0v) is 19.2. The van der Waals surface area contributed by atoms with E-state index in [9.17, 15) is 4.79 Å². The van der Waals surface area contributed by atoms with Crippen LogP contribution in [0.4, 0.5) is 0 Å². The molecule has 1 aromatic carbocycles. The molecule has 0 radical (unpaired) electrons. The molecule has 0 unspecified atom stereocenters. The highest BCUT2D eigenvalue weighted by atomic mass is 35.5. The van der Waals surface area contributed by atoms with Crippen LogP contribution in [0.15, 0.2) is 24.3 Å². The van der Waals surface area contributed by atoms with Crippen molar-refractivity contribution in [1.82, 2.24) is 0 Å². The molecule has 148 valence electrons. The number of rotatable bonds is 2. The molecule has 1 heterocycles. The van der Waals surface area contributed by atoms with Crippen molar-refractivity contribution in [3.63, 3.8) is 0 Å². The molecule has 6 heteroatoms. The van der Waals surface area contributed by atoms with E-state index in [2.05, 4.69) is 31.1 Å². The van der Waals surface area contributed by atoms with Gasteiger partial charge in [-0.05, 0) is 52.3 Å².